The van der Waals surface area contributed by atoms with Crippen molar-refractivity contribution in [3.05, 3.63) is 34.9 Å². The van der Waals surface area contributed by atoms with Crippen molar-refractivity contribution in [2.75, 3.05) is 6.61 Å². The maximum Gasteiger partial charge on any atom is 0.357 e. The van der Waals surface area contributed by atoms with Crippen molar-refractivity contribution in [3.63, 3.8) is 0 Å². The summed E-state index contributed by atoms with van der Waals surface area (Å²) in [6.45, 7) is 7.63. The van der Waals surface area contributed by atoms with Gasteiger partial charge in [-0.15, -0.1) is 0 Å². The number of carbonyl (C=O) groups excluding carboxylic acids is 2. The van der Waals surface area contributed by atoms with Gasteiger partial charge in [0.2, 0.25) is 5.91 Å². The Morgan fingerprint density at radius 3 is 2.73 bits per heavy atom. The molecule has 0 saturated heterocycles. The summed E-state index contributed by atoms with van der Waals surface area (Å²) < 4.78 is 5.01. The quantitative estimate of drug-likeness (QED) is 0.541. The molecule has 2 rings (SSSR count). The Hall–Kier alpha value is -2.24. The second kappa shape index (κ2) is 6.68. The maximum absolute atomic E-state index is 12.1. The Balaban J connectivity index is 2.32. The van der Waals surface area contributed by atoms with Gasteiger partial charge < -0.3 is 20.7 Å². The molecule has 2 heterocycles. The normalized spacial score (nSPS) is 25.6. The molecular formula is C16H23N3O3. The standard InChI is InChI=1S/C16H23N3O3/c1-5-22-16(21)14(18-11(4)20)13-7-6-12-9(2)8-10(3)17-15(12)19-13/h6-7,9-10,17,19H,5,8H2,1-4H3,(H,18,20). The summed E-state index contributed by atoms with van der Waals surface area (Å²) in [7, 11) is 0. The van der Waals surface area contributed by atoms with Gasteiger partial charge in [0.25, 0.3) is 0 Å². The number of ether oxygens (including phenoxy) is 1. The van der Waals surface area contributed by atoms with E-state index in [1.807, 2.05) is 6.08 Å². The summed E-state index contributed by atoms with van der Waals surface area (Å²) in [5.74, 6) is 0.453. The minimum Gasteiger partial charge on any atom is -0.461 e. The van der Waals surface area contributed by atoms with Crippen LogP contribution in [-0.2, 0) is 14.3 Å². The minimum atomic E-state index is -0.550. The van der Waals surface area contributed by atoms with Crippen LogP contribution in [0.4, 0.5) is 0 Å². The third kappa shape index (κ3) is 3.50. The van der Waals surface area contributed by atoms with E-state index in [2.05, 4.69) is 29.8 Å². The molecule has 0 aromatic heterocycles. The highest BCUT2D eigenvalue weighted by atomic mass is 16.5. The lowest BCUT2D eigenvalue weighted by molar-refractivity contribution is -0.140. The number of amides is 1. The predicted molar refractivity (Wildman–Crippen MR) is 83.2 cm³/mol. The number of carbonyl (C=O) groups is 2. The zero-order valence-electron chi connectivity index (χ0n) is 13.4. The van der Waals surface area contributed by atoms with Gasteiger partial charge in [0.05, 0.1) is 12.3 Å². The van der Waals surface area contributed by atoms with Crippen molar-refractivity contribution in [1.29, 1.82) is 0 Å². The molecule has 1 amide bonds. The van der Waals surface area contributed by atoms with Crippen molar-refractivity contribution in [2.45, 2.75) is 40.2 Å². The van der Waals surface area contributed by atoms with E-state index in [1.54, 1.807) is 13.0 Å². The smallest absolute Gasteiger partial charge is 0.357 e. The summed E-state index contributed by atoms with van der Waals surface area (Å²) in [5, 5.41) is 9.14. The lowest BCUT2D eigenvalue weighted by Gasteiger charge is -2.34. The second-order valence-electron chi connectivity index (χ2n) is 5.66. The minimum absolute atomic E-state index is 0.129. The summed E-state index contributed by atoms with van der Waals surface area (Å²) in [5.41, 5.74) is 1.83. The van der Waals surface area contributed by atoms with Crippen molar-refractivity contribution in [3.8, 4) is 0 Å². The first-order chi connectivity index (χ1) is 10.4. The van der Waals surface area contributed by atoms with Crippen LogP contribution in [0.25, 0.3) is 0 Å². The largest absolute Gasteiger partial charge is 0.461 e. The molecule has 22 heavy (non-hydrogen) atoms. The van der Waals surface area contributed by atoms with Gasteiger partial charge in [0, 0.05) is 13.0 Å². The first kappa shape index (κ1) is 16.1. The van der Waals surface area contributed by atoms with Crippen LogP contribution in [0.5, 0.6) is 0 Å². The van der Waals surface area contributed by atoms with Crippen LogP contribution in [0.1, 0.15) is 34.1 Å². The first-order valence-electron chi connectivity index (χ1n) is 7.57. The average Bonchev–Trinajstić information content (AvgIpc) is 2.44. The van der Waals surface area contributed by atoms with Crippen LogP contribution < -0.4 is 16.0 Å². The molecule has 2 atom stereocenters. The fourth-order valence-electron chi connectivity index (χ4n) is 2.75. The number of nitrogens with one attached hydrogen (secondary N) is 3. The maximum atomic E-state index is 12.1. The van der Waals surface area contributed by atoms with Crippen LogP contribution >= 0.6 is 0 Å². The van der Waals surface area contributed by atoms with E-state index < -0.39 is 5.97 Å². The van der Waals surface area contributed by atoms with E-state index in [1.165, 1.54) is 12.5 Å². The molecule has 0 fully saturated rings. The van der Waals surface area contributed by atoms with Crippen molar-refractivity contribution >= 4 is 11.9 Å². The molecule has 2 aliphatic heterocycles. The number of hydrogen-bond donors (Lipinski definition) is 3. The Kier molecular flexibility index (Phi) is 4.90. The van der Waals surface area contributed by atoms with Crippen LogP contribution in [0.2, 0.25) is 0 Å². The van der Waals surface area contributed by atoms with Crippen LogP contribution in [0.3, 0.4) is 0 Å². The molecule has 0 bridgehead atoms. The first-order valence-corrected chi connectivity index (χ1v) is 7.57. The highest BCUT2D eigenvalue weighted by molar-refractivity contribution is 5.94. The fourth-order valence-corrected chi connectivity index (χ4v) is 2.75. The molecule has 0 aliphatic carbocycles. The summed E-state index contributed by atoms with van der Waals surface area (Å²) in [6.07, 6.45) is 4.83. The van der Waals surface area contributed by atoms with Gasteiger partial charge in [-0.1, -0.05) is 13.0 Å². The number of hydrogen-bond acceptors (Lipinski definition) is 5. The Morgan fingerprint density at radius 2 is 2.09 bits per heavy atom. The molecule has 0 radical (unpaired) electrons. The molecule has 0 spiro atoms. The van der Waals surface area contributed by atoms with E-state index in [9.17, 15) is 9.59 Å². The van der Waals surface area contributed by atoms with Crippen molar-refractivity contribution in [2.24, 2.45) is 5.92 Å². The third-order valence-corrected chi connectivity index (χ3v) is 3.66. The lowest BCUT2D eigenvalue weighted by Crippen LogP contribution is -2.42. The topological polar surface area (TPSA) is 79.5 Å². The zero-order valence-corrected chi connectivity index (χ0v) is 13.4. The molecule has 2 aliphatic rings. The van der Waals surface area contributed by atoms with Crippen molar-refractivity contribution in [1.82, 2.24) is 16.0 Å². The predicted octanol–water partition coefficient (Wildman–Crippen LogP) is 1.29. The molecule has 6 heteroatoms. The van der Waals surface area contributed by atoms with Crippen LogP contribution in [0.15, 0.2) is 34.9 Å². The van der Waals surface area contributed by atoms with Gasteiger partial charge in [-0.25, -0.2) is 4.79 Å². The van der Waals surface area contributed by atoms with E-state index in [-0.39, 0.29) is 18.2 Å². The van der Waals surface area contributed by atoms with Gasteiger partial charge in [-0.2, -0.15) is 0 Å². The molecule has 120 valence electrons. The average molecular weight is 305 g/mol. The molecule has 0 aromatic carbocycles. The third-order valence-electron chi connectivity index (χ3n) is 3.66. The summed E-state index contributed by atoms with van der Waals surface area (Å²) >= 11 is 0. The fraction of sp³-hybridized carbons (Fsp3) is 0.500. The summed E-state index contributed by atoms with van der Waals surface area (Å²) in [4.78, 5) is 23.4. The highest BCUT2D eigenvalue weighted by Gasteiger charge is 2.27. The Morgan fingerprint density at radius 1 is 1.36 bits per heavy atom. The molecule has 0 aromatic rings. The summed E-state index contributed by atoms with van der Waals surface area (Å²) in [6, 6.07) is 0.348. The molecule has 0 saturated carbocycles. The second-order valence-corrected chi connectivity index (χ2v) is 5.66. The van der Waals surface area contributed by atoms with Gasteiger partial charge in [0.1, 0.15) is 5.82 Å². The van der Waals surface area contributed by atoms with Gasteiger partial charge in [-0.05, 0) is 37.8 Å². The zero-order chi connectivity index (χ0) is 16.3. The molecule has 2 unspecified atom stereocenters. The van der Waals surface area contributed by atoms with E-state index >= 15 is 0 Å². The number of allylic oxidation sites excluding steroid dienone is 3. The Labute approximate surface area is 130 Å². The number of esters is 1. The lowest BCUT2D eigenvalue weighted by atomic mass is 9.89. The van der Waals surface area contributed by atoms with E-state index in [4.69, 9.17) is 4.74 Å². The van der Waals surface area contributed by atoms with E-state index in [0.29, 0.717) is 17.7 Å². The monoisotopic (exact) mass is 305 g/mol. The van der Waals surface area contributed by atoms with Crippen molar-refractivity contribution < 1.29 is 14.3 Å². The Bertz CT molecular complexity index is 575. The molecular weight excluding hydrogens is 282 g/mol. The number of dihydropyridines is 1. The van der Waals surface area contributed by atoms with Gasteiger partial charge in [0.15, 0.2) is 5.70 Å². The van der Waals surface area contributed by atoms with Gasteiger partial charge >= 0.3 is 5.97 Å². The van der Waals surface area contributed by atoms with E-state index in [0.717, 1.165) is 12.2 Å². The van der Waals surface area contributed by atoms with Crippen LogP contribution in [0, 0.1) is 5.92 Å². The molecule has 6 nitrogen and oxygen atoms in total. The van der Waals surface area contributed by atoms with Crippen LogP contribution in [-0.4, -0.2) is 24.5 Å². The molecule has 3 N–H and O–H groups in total. The highest BCUT2D eigenvalue weighted by Crippen LogP contribution is 2.28. The number of rotatable bonds is 3. The van der Waals surface area contributed by atoms with Gasteiger partial charge in [-0.3, -0.25) is 4.79 Å². The SMILES string of the molecule is CCOC(=O)C(NC(C)=O)=C1C=CC2=C(N1)NC(C)CC2C.